The second-order valence-corrected chi connectivity index (χ2v) is 8.76. The zero-order valence-corrected chi connectivity index (χ0v) is 16.7. The molecular formula is C19H18ClN3O4S. The molecule has 2 aromatic carbocycles. The second-order valence-electron chi connectivity index (χ2n) is 6.39. The van der Waals surface area contributed by atoms with E-state index >= 15 is 0 Å². The van der Waals surface area contributed by atoms with Gasteiger partial charge in [0.05, 0.1) is 17.4 Å². The first-order valence-electron chi connectivity index (χ1n) is 8.80. The molecule has 0 amide bonds. The van der Waals surface area contributed by atoms with Crippen molar-refractivity contribution in [3.63, 3.8) is 0 Å². The zero-order valence-electron chi connectivity index (χ0n) is 15.1. The summed E-state index contributed by atoms with van der Waals surface area (Å²) in [5, 5.41) is 4.56. The molecule has 1 aliphatic rings. The first-order chi connectivity index (χ1) is 13.5. The van der Waals surface area contributed by atoms with E-state index in [1.165, 1.54) is 4.31 Å². The molecule has 3 aromatic rings. The van der Waals surface area contributed by atoms with Crippen LogP contribution in [0.25, 0.3) is 11.4 Å². The normalized spacial score (nSPS) is 15.4. The van der Waals surface area contributed by atoms with Gasteiger partial charge < -0.3 is 9.26 Å². The Morgan fingerprint density at radius 1 is 1.21 bits per heavy atom. The number of hydrogen-bond acceptors (Lipinski definition) is 6. The summed E-state index contributed by atoms with van der Waals surface area (Å²) >= 11 is 5.99. The summed E-state index contributed by atoms with van der Waals surface area (Å²) in [6.07, 6.45) is 0. The topological polar surface area (TPSA) is 85.5 Å². The minimum Gasteiger partial charge on any atom is -0.494 e. The molecule has 4 rings (SSSR count). The smallest absolute Gasteiger partial charge is 0.243 e. The number of halogens is 1. The lowest BCUT2D eigenvalue weighted by atomic mass is 10.0. The molecule has 0 atom stereocenters. The van der Waals surface area contributed by atoms with E-state index < -0.39 is 10.0 Å². The third-order valence-electron chi connectivity index (χ3n) is 4.49. The Hall–Kier alpha value is -2.42. The lowest BCUT2D eigenvalue weighted by molar-refractivity contribution is 0.217. The first kappa shape index (κ1) is 18.9. The quantitative estimate of drug-likeness (QED) is 0.607. The SMILES string of the molecule is CCOc1ccc(S(=O)(=O)N2CC(c3nc(-c4cccc(Cl)c4)no3)C2)cc1. The predicted octanol–water partition coefficient (Wildman–Crippen LogP) is 3.58. The van der Waals surface area contributed by atoms with Gasteiger partial charge in [0.1, 0.15) is 5.75 Å². The maximum Gasteiger partial charge on any atom is 0.243 e. The summed E-state index contributed by atoms with van der Waals surface area (Å²) in [4.78, 5) is 4.63. The molecule has 9 heteroatoms. The van der Waals surface area contributed by atoms with Crippen LogP contribution in [0, 0.1) is 0 Å². The minimum atomic E-state index is -3.56. The van der Waals surface area contributed by atoms with Crippen LogP contribution in [-0.2, 0) is 10.0 Å². The number of ether oxygens (including phenoxy) is 1. The Bertz CT molecular complexity index is 1080. The van der Waals surface area contributed by atoms with Crippen molar-refractivity contribution >= 4 is 21.6 Å². The molecule has 0 bridgehead atoms. The van der Waals surface area contributed by atoms with Gasteiger partial charge in [0.25, 0.3) is 0 Å². The molecule has 1 fully saturated rings. The molecule has 1 saturated heterocycles. The average molecular weight is 420 g/mol. The van der Waals surface area contributed by atoms with Crippen LogP contribution in [0.4, 0.5) is 0 Å². The van der Waals surface area contributed by atoms with Crippen LogP contribution in [0.2, 0.25) is 5.02 Å². The highest BCUT2D eigenvalue weighted by Crippen LogP contribution is 2.32. The molecule has 0 radical (unpaired) electrons. The van der Waals surface area contributed by atoms with E-state index in [0.29, 0.717) is 42.2 Å². The number of benzene rings is 2. The van der Waals surface area contributed by atoms with Crippen molar-refractivity contribution in [3.8, 4) is 17.1 Å². The molecule has 2 heterocycles. The summed E-state index contributed by atoms with van der Waals surface area (Å²) in [6.45, 7) is 3.00. The number of rotatable bonds is 6. The highest BCUT2D eigenvalue weighted by atomic mass is 35.5. The lowest BCUT2D eigenvalue weighted by Gasteiger charge is -2.35. The number of sulfonamides is 1. The van der Waals surface area contributed by atoms with Gasteiger partial charge in [-0.05, 0) is 43.3 Å². The number of aromatic nitrogens is 2. The summed E-state index contributed by atoms with van der Waals surface area (Å²) in [6, 6.07) is 13.6. The summed E-state index contributed by atoms with van der Waals surface area (Å²) in [5.74, 6) is 1.37. The summed E-state index contributed by atoms with van der Waals surface area (Å²) < 4.78 is 37.5. The molecule has 1 aromatic heterocycles. The Labute approximate surface area is 167 Å². The van der Waals surface area contributed by atoms with Crippen LogP contribution in [0.15, 0.2) is 57.9 Å². The van der Waals surface area contributed by atoms with Gasteiger partial charge in [0, 0.05) is 23.7 Å². The van der Waals surface area contributed by atoms with E-state index in [1.807, 2.05) is 19.1 Å². The van der Waals surface area contributed by atoms with E-state index in [2.05, 4.69) is 10.1 Å². The fraction of sp³-hybridized carbons (Fsp3) is 0.263. The number of hydrogen-bond donors (Lipinski definition) is 0. The van der Waals surface area contributed by atoms with Crippen molar-refractivity contribution in [3.05, 3.63) is 59.4 Å². The van der Waals surface area contributed by atoms with Gasteiger partial charge in [-0.1, -0.05) is 28.9 Å². The van der Waals surface area contributed by atoms with Gasteiger partial charge in [-0.2, -0.15) is 9.29 Å². The largest absolute Gasteiger partial charge is 0.494 e. The summed E-state index contributed by atoms with van der Waals surface area (Å²) in [5.41, 5.74) is 0.751. The van der Waals surface area contributed by atoms with E-state index in [4.69, 9.17) is 20.9 Å². The van der Waals surface area contributed by atoms with Crippen molar-refractivity contribution in [1.82, 2.24) is 14.4 Å². The maximum absolute atomic E-state index is 12.7. The van der Waals surface area contributed by atoms with Gasteiger partial charge in [-0.15, -0.1) is 0 Å². The third-order valence-corrected chi connectivity index (χ3v) is 6.58. The molecule has 1 aliphatic heterocycles. The van der Waals surface area contributed by atoms with Crippen molar-refractivity contribution in [1.29, 1.82) is 0 Å². The molecule has 0 spiro atoms. The molecule has 7 nitrogen and oxygen atoms in total. The van der Waals surface area contributed by atoms with E-state index in [9.17, 15) is 8.42 Å². The molecule has 0 N–H and O–H groups in total. The molecule has 146 valence electrons. The van der Waals surface area contributed by atoms with Crippen LogP contribution in [0.1, 0.15) is 18.7 Å². The first-order valence-corrected chi connectivity index (χ1v) is 10.6. The van der Waals surface area contributed by atoms with Gasteiger partial charge >= 0.3 is 0 Å². The monoisotopic (exact) mass is 419 g/mol. The van der Waals surface area contributed by atoms with Gasteiger partial charge in [0.2, 0.25) is 21.7 Å². The molecule has 0 saturated carbocycles. The highest BCUT2D eigenvalue weighted by molar-refractivity contribution is 7.89. The van der Waals surface area contributed by atoms with Crippen LogP contribution in [-0.4, -0.2) is 42.6 Å². The Morgan fingerprint density at radius 2 is 1.96 bits per heavy atom. The predicted molar refractivity (Wildman–Crippen MR) is 104 cm³/mol. The fourth-order valence-corrected chi connectivity index (χ4v) is 4.68. The van der Waals surface area contributed by atoms with E-state index in [0.717, 1.165) is 5.56 Å². The second kappa shape index (κ2) is 7.54. The van der Waals surface area contributed by atoms with Gasteiger partial charge in [0.15, 0.2) is 0 Å². The summed E-state index contributed by atoms with van der Waals surface area (Å²) in [7, 11) is -3.56. The highest BCUT2D eigenvalue weighted by Gasteiger charge is 2.40. The number of nitrogens with zero attached hydrogens (tertiary/aromatic N) is 3. The third kappa shape index (κ3) is 3.63. The molecule has 0 unspecified atom stereocenters. The van der Waals surface area contributed by atoms with Crippen LogP contribution in [0.5, 0.6) is 5.75 Å². The van der Waals surface area contributed by atoms with E-state index in [-0.39, 0.29) is 10.8 Å². The van der Waals surface area contributed by atoms with Crippen molar-refractivity contribution < 1.29 is 17.7 Å². The van der Waals surface area contributed by atoms with Crippen molar-refractivity contribution in [2.24, 2.45) is 0 Å². The van der Waals surface area contributed by atoms with Gasteiger partial charge in [-0.3, -0.25) is 0 Å². The van der Waals surface area contributed by atoms with Gasteiger partial charge in [-0.25, -0.2) is 8.42 Å². The van der Waals surface area contributed by atoms with Crippen molar-refractivity contribution in [2.75, 3.05) is 19.7 Å². The minimum absolute atomic E-state index is 0.127. The maximum atomic E-state index is 12.7. The Morgan fingerprint density at radius 3 is 2.64 bits per heavy atom. The van der Waals surface area contributed by atoms with Crippen LogP contribution >= 0.6 is 11.6 Å². The van der Waals surface area contributed by atoms with Crippen LogP contribution in [0.3, 0.4) is 0 Å². The lowest BCUT2D eigenvalue weighted by Crippen LogP contribution is -2.48. The molecule has 0 aliphatic carbocycles. The molecular weight excluding hydrogens is 402 g/mol. The average Bonchev–Trinajstić information content (AvgIpc) is 3.11. The van der Waals surface area contributed by atoms with Crippen LogP contribution < -0.4 is 4.74 Å². The fourth-order valence-electron chi connectivity index (χ4n) is 2.96. The van der Waals surface area contributed by atoms with E-state index in [1.54, 1.807) is 36.4 Å². The Balaban J connectivity index is 1.44. The van der Waals surface area contributed by atoms with Crippen molar-refractivity contribution in [2.45, 2.75) is 17.7 Å². The zero-order chi connectivity index (χ0) is 19.7. The Kier molecular flexibility index (Phi) is 5.09. The standard InChI is InChI=1S/C19H18ClN3O4S/c1-2-26-16-6-8-17(9-7-16)28(24,25)23-11-14(12-23)19-21-18(22-27-19)13-4-3-5-15(20)10-13/h3-10,14H,2,11-12H2,1H3. The molecule has 28 heavy (non-hydrogen) atoms.